The van der Waals surface area contributed by atoms with E-state index in [0.717, 1.165) is 32.1 Å². The average Bonchev–Trinajstić information content (AvgIpc) is 1.98. The summed E-state index contributed by atoms with van der Waals surface area (Å²) in [4.78, 5) is 2.39. The maximum absolute atomic E-state index is 5.73. The summed E-state index contributed by atoms with van der Waals surface area (Å²) in [6.07, 6.45) is 1.16. The Kier molecular flexibility index (Phi) is 7.92. The second-order valence-electron chi connectivity index (χ2n) is 2.56. The van der Waals surface area contributed by atoms with E-state index in [1.165, 1.54) is 0 Å². The van der Waals surface area contributed by atoms with Crippen LogP contribution in [0.5, 0.6) is 0 Å². The van der Waals surface area contributed by atoms with Crippen molar-refractivity contribution in [3.05, 3.63) is 0 Å². The van der Waals surface area contributed by atoms with E-state index in [1.54, 1.807) is 0 Å². The maximum atomic E-state index is 5.73. The molecule has 0 N–H and O–H groups in total. The van der Waals surface area contributed by atoms with Crippen LogP contribution in [-0.4, -0.2) is 32.0 Å². The molecule has 0 saturated carbocycles. The van der Waals surface area contributed by atoms with Crippen LogP contribution in [0.2, 0.25) is 6.04 Å². The fourth-order valence-corrected chi connectivity index (χ4v) is 2.43. The normalized spacial score (nSPS) is 11.5. The van der Waals surface area contributed by atoms with Gasteiger partial charge in [-0.05, 0) is 32.1 Å². The molecule has 4 heteroatoms. The molecule has 68 valence electrons. The van der Waals surface area contributed by atoms with E-state index >= 15 is 0 Å². The van der Waals surface area contributed by atoms with E-state index in [9.17, 15) is 0 Å². The van der Waals surface area contributed by atoms with Crippen molar-refractivity contribution in [1.82, 2.24) is 4.90 Å². The Morgan fingerprint density at radius 3 is 2.09 bits per heavy atom. The predicted molar refractivity (Wildman–Crippen MR) is 56.1 cm³/mol. The van der Waals surface area contributed by atoms with Gasteiger partial charge in [-0.3, -0.25) is 0 Å². The Morgan fingerprint density at radius 2 is 1.73 bits per heavy atom. The van der Waals surface area contributed by atoms with Crippen LogP contribution < -0.4 is 0 Å². The standard InChI is InChI=1S/C7H17Cl2NSi/c1-3-10(4-2)6-5-7-11(8)9/h11H,3-7H2,1-2H3. The molecule has 0 spiro atoms. The molecule has 0 aromatic rings. The molecule has 0 aromatic heterocycles. The quantitative estimate of drug-likeness (QED) is 0.485. The number of hydrogen-bond acceptors (Lipinski definition) is 1. The molecule has 0 saturated heterocycles. The average molecular weight is 214 g/mol. The van der Waals surface area contributed by atoms with Crippen LogP contribution in [0.1, 0.15) is 20.3 Å². The summed E-state index contributed by atoms with van der Waals surface area (Å²) in [5.74, 6) is 0. The van der Waals surface area contributed by atoms with Gasteiger partial charge in [-0.1, -0.05) is 13.8 Å². The van der Waals surface area contributed by atoms with Crippen molar-refractivity contribution in [2.45, 2.75) is 26.3 Å². The molecule has 0 rings (SSSR count). The minimum absolute atomic E-state index is 1.04. The van der Waals surface area contributed by atoms with E-state index < -0.39 is 7.42 Å². The van der Waals surface area contributed by atoms with Crippen molar-refractivity contribution in [3.63, 3.8) is 0 Å². The predicted octanol–water partition coefficient (Wildman–Crippen LogP) is 2.42. The molecule has 0 fully saturated rings. The maximum Gasteiger partial charge on any atom is 0.237 e. The Labute approximate surface area is 80.7 Å². The van der Waals surface area contributed by atoms with Gasteiger partial charge in [0, 0.05) is 0 Å². The fourth-order valence-electron chi connectivity index (χ4n) is 1.01. The molecule has 0 heterocycles. The smallest absolute Gasteiger partial charge is 0.237 e. The molecule has 0 aliphatic heterocycles. The molecule has 0 bridgehead atoms. The first kappa shape index (κ1) is 11.8. The minimum Gasteiger partial charge on any atom is -0.304 e. The molecular formula is C7H17Cl2NSi. The van der Waals surface area contributed by atoms with Crippen molar-refractivity contribution in [2.24, 2.45) is 0 Å². The van der Waals surface area contributed by atoms with Crippen LogP contribution in [0, 0.1) is 0 Å². The van der Waals surface area contributed by atoms with Crippen molar-refractivity contribution in [2.75, 3.05) is 19.6 Å². The minimum atomic E-state index is -1.33. The van der Waals surface area contributed by atoms with Crippen molar-refractivity contribution < 1.29 is 0 Å². The summed E-state index contributed by atoms with van der Waals surface area (Å²) in [7, 11) is -1.33. The molecule has 0 amide bonds. The highest BCUT2D eigenvalue weighted by Crippen LogP contribution is 2.06. The van der Waals surface area contributed by atoms with Gasteiger partial charge in [0.1, 0.15) is 0 Å². The van der Waals surface area contributed by atoms with Gasteiger partial charge in [0.2, 0.25) is 7.42 Å². The third-order valence-electron chi connectivity index (χ3n) is 1.79. The SMILES string of the molecule is CCN(CC)CCC[SiH](Cl)Cl. The summed E-state index contributed by atoms with van der Waals surface area (Å²) in [5, 5.41) is 0. The molecule has 1 nitrogen and oxygen atoms in total. The second-order valence-corrected chi connectivity index (χ2v) is 7.75. The second kappa shape index (κ2) is 7.41. The molecule has 0 unspecified atom stereocenters. The lowest BCUT2D eigenvalue weighted by Crippen LogP contribution is -2.24. The lowest BCUT2D eigenvalue weighted by atomic mass is 10.4. The summed E-state index contributed by atoms with van der Waals surface area (Å²) >= 11 is 11.5. The van der Waals surface area contributed by atoms with Gasteiger partial charge in [0.25, 0.3) is 0 Å². The van der Waals surface area contributed by atoms with Gasteiger partial charge in [-0.2, -0.15) is 22.2 Å². The van der Waals surface area contributed by atoms with Gasteiger partial charge >= 0.3 is 0 Å². The summed E-state index contributed by atoms with van der Waals surface area (Å²) in [5.41, 5.74) is 0. The summed E-state index contributed by atoms with van der Waals surface area (Å²) < 4.78 is 0. The molecule has 0 aliphatic rings. The topological polar surface area (TPSA) is 3.24 Å². The zero-order valence-corrected chi connectivity index (χ0v) is 9.98. The number of rotatable bonds is 6. The molecular weight excluding hydrogens is 197 g/mol. The molecule has 0 radical (unpaired) electrons. The first-order chi connectivity index (χ1) is 5.20. The zero-order valence-electron chi connectivity index (χ0n) is 7.32. The highest BCUT2D eigenvalue weighted by molar-refractivity contribution is 7.33. The lowest BCUT2D eigenvalue weighted by molar-refractivity contribution is 0.304. The number of halogens is 2. The van der Waals surface area contributed by atoms with Crippen LogP contribution in [0.15, 0.2) is 0 Å². The van der Waals surface area contributed by atoms with E-state index in [1.807, 2.05) is 0 Å². The molecule has 11 heavy (non-hydrogen) atoms. The van der Waals surface area contributed by atoms with Crippen molar-refractivity contribution in [3.8, 4) is 0 Å². The first-order valence-electron chi connectivity index (χ1n) is 4.21. The Bertz CT molecular complexity index is 86.5. The Hall–Kier alpha value is 0.757. The zero-order chi connectivity index (χ0) is 8.69. The first-order valence-corrected chi connectivity index (χ1v) is 8.52. The van der Waals surface area contributed by atoms with Crippen molar-refractivity contribution >= 4 is 29.6 Å². The van der Waals surface area contributed by atoms with Gasteiger partial charge in [-0.25, -0.2) is 0 Å². The summed E-state index contributed by atoms with van der Waals surface area (Å²) in [6.45, 7) is 7.77. The number of hydrogen-bond donors (Lipinski definition) is 0. The van der Waals surface area contributed by atoms with Gasteiger partial charge < -0.3 is 4.90 Å². The molecule has 0 aromatic carbocycles. The van der Waals surface area contributed by atoms with E-state index in [-0.39, 0.29) is 0 Å². The molecule has 0 aliphatic carbocycles. The third kappa shape index (κ3) is 7.13. The lowest BCUT2D eigenvalue weighted by Gasteiger charge is -2.17. The fraction of sp³-hybridized carbons (Fsp3) is 1.00. The largest absolute Gasteiger partial charge is 0.304 e. The van der Waals surface area contributed by atoms with Crippen LogP contribution in [-0.2, 0) is 0 Å². The van der Waals surface area contributed by atoms with Crippen LogP contribution >= 0.6 is 22.2 Å². The molecule has 0 atom stereocenters. The Balaban J connectivity index is 3.21. The highest BCUT2D eigenvalue weighted by atomic mass is 35.7. The van der Waals surface area contributed by atoms with Crippen molar-refractivity contribution in [1.29, 1.82) is 0 Å². The van der Waals surface area contributed by atoms with Gasteiger partial charge in [0.15, 0.2) is 0 Å². The van der Waals surface area contributed by atoms with E-state index in [0.29, 0.717) is 0 Å². The van der Waals surface area contributed by atoms with Crippen LogP contribution in [0.25, 0.3) is 0 Å². The van der Waals surface area contributed by atoms with Crippen LogP contribution in [0.3, 0.4) is 0 Å². The monoisotopic (exact) mass is 213 g/mol. The van der Waals surface area contributed by atoms with Crippen LogP contribution in [0.4, 0.5) is 0 Å². The van der Waals surface area contributed by atoms with Gasteiger partial charge in [0.05, 0.1) is 0 Å². The van der Waals surface area contributed by atoms with Gasteiger partial charge in [-0.15, -0.1) is 0 Å². The van der Waals surface area contributed by atoms with E-state index in [4.69, 9.17) is 22.2 Å². The van der Waals surface area contributed by atoms with E-state index in [2.05, 4.69) is 18.7 Å². The highest BCUT2D eigenvalue weighted by Gasteiger charge is 2.03. The summed E-state index contributed by atoms with van der Waals surface area (Å²) in [6, 6.07) is 1.04. The Morgan fingerprint density at radius 1 is 1.18 bits per heavy atom. The third-order valence-corrected chi connectivity index (χ3v) is 3.95. The number of nitrogens with zero attached hydrogens (tertiary/aromatic N) is 1.